The van der Waals surface area contributed by atoms with E-state index in [-0.39, 0.29) is 5.78 Å². The van der Waals surface area contributed by atoms with E-state index in [1.807, 2.05) is 37.3 Å². The molecule has 2 nitrogen and oxygen atoms in total. The number of carbonyl (C=O) groups is 1. The molecule has 2 rings (SSSR count). The zero-order valence-corrected chi connectivity index (χ0v) is 20.6. The molecule has 0 saturated heterocycles. The minimum absolute atomic E-state index is 0.124. The Morgan fingerprint density at radius 2 is 1.84 bits per heavy atom. The number of rotatable bonds is 9. The average Bonchev–Trinajstić information content (AvgIpc) is 2.82. The predicted octanol–water partition coefficient (Wildman–Crippen LogP) is 8.49. The van der Waals surface area contributed by atoms with E-state index in [1.54, 1.807) is 0 Å². The molecular formula is C30H39NO. The molecular weight excluding hydrogens is 390 g/mol. The number of nitrogens with one attached hydrogen (secondary N) is 1. The van der Waals surface area contributed by atoms with Crippen LogP contribution in [0.5, 0.6) is 0 Å². The molecule has 0 aromatic heterocycles. The molecule has 1 unspecified atom stereocenters. The van der Waals surface area contributed by atoms with E-state index >= 15 is 0 Å². The van der Waals surface area contributed by atoms with Crippen molar-refractivity contribution in [1.82, 2.24) is 0 Å². The fourth-order valence-corrected chi connectivity index (χ4v) is 4.53. The lowest BCUT2D eigenvalue weighted by Crippen LogP contribution is -2.18. The topological polar surface area (TPSA) is 29.1 Å². The number of carbonyl (C=O) groups excluding carboxylic acids is 1. The average molecular weight is 430 g/mol. The maximum Gasteiger partial charge on any atom is 0.202 e. The summed E-state index contributed by atoms with van der Waals surface area (Å²) in [6, 6.07) is 9.84. The summed E-state index contributed by atoms with van der Waals surface area (Å²) in [5.74, 6) is 0.561. The van der Waals surface area contributed by atoms with Crippen molar-refractivity contribution in [2.75, 3.05) is 5.32 Å². The lowest BCUT2D eigenvalue weighted by Gasteiger charge is -2.30. The van der Waals surface area contributed by atoms with E-state index in [0.717, 1.165) is 29.7 Å². The van der Waals surface area contributed by atoms with Gasteiger partial charge in [0.15, 0.2) is 0 Å². The van der Waals surface area contributed by atoms with Gasteiger partial charge in [0.25, 0.3) is 0 Å². The third kappa shape index (κ3) is 6.09. The molecule has 1 aromatic rings. The minimum Gasteiger partial charge on any atom is -0.352 e. The first-order chi connectivity index (χ1) is 15.4. The maximum absolute atomic E-state index is 13.2. The van der Waals surface area contributed by atoms with E-state index in [0.29, 0.717) is 11.6 Å². The van der Waals surface area contributed by atoms with Gasteiger partial charge in [0.05, 0.1) is 5.70 Å². The van der Waals surface area contributed by atoms with Crippen LogP contribution in [0.3, 0.4) is 0 Å². The molecule has 0 radical (unpaired) electrons. The summed E-state index contributed by atoms with van der Waals surface area (Å²) in [7, 11) is 0. The van der Waals surface area contributed by atoms with Gasteiger partial charge in [-0.15, -0.1) is 0 Å². The molecule has 2 heteroatoms. The number of hydrogen-bond donors (Lipinski definition) is 1. The number of anilines is 1. The Morgan fingerprint density at radius 3 is 2.38 bits per heavy atom. The van der Waals surface area contributed by atoms with Gasteiger partial charge in [-0.25, -0.2) is 0 Å². The molecule has 1 aliphatic rings. The van der Waals surface area contributed by atoms with Gasteiger partial charge in [0, 0.05) is 11.3 Å². The third-order valence-corrected chi connectivity index (χ3v) is 6.37. The van der Waals surface area contributed by atoms with Crippen molar-refractivity contribution < 1.29 is 4.79 Å². The zero-order chi connectivity index (χ0) is 23.7. The third-order valence-electron chi connectivity index (χ3n) is 6.37. The molecule has 0 spiro atoms. The molecule has 1 aliphatic carbocycles. The molecule has 170 valence electrons. The number of hydrogen-bond acceptors (Lipinski definition) is 2. The molecule has 1 atom stereocenters. The minimum atomic E-state index is -0.124. The second kappa shape index (κ2) is 12.2. The summed E-state index contributed by atoms with van der Waals surface area (Å²) in [5.41, 5.74) is 8.19. The van der Waals surface area contributed by atoms with Crippen molar-refractivity contribution in [3.63, 3.8) is 0 Å². The van der Waals surface area contributed by atoms with Gasteiger partial charge >= 0.3 is 0 Å². The zero-order valence-electron chi connectivity index (χ0n) is 20.6. The Kier molecular flexibility index (Phi) is 9.71. The standard InChI is InChI=1S/C30H39NO/c1-8-22(7)26(10-3)29(24-17-15-16-23(9-2)20-24)28(21(5)6)30(27(32)11-4)31-25-18-13-12-14-19-25/h8,10-14,18-19,23,31H,4-5,9,15-17,20H2,1-3,6-7H3/b22-8-,26-10+,29-24-,30-28-. The lowest BCUT2D eigenvalue weighted by molar-refractivity contribution is -0.111. The smallest absolute Gasteiger partial charge is 0.202 e. The highest BCUT2D eigenvalue weighted by atomic mass is 16.1. The molecule has 1 fully saturated rings. The summed E-state index contributed by atoms with van der Waals surface area (Å²) in [4.78, 5) is 13.2. The summed E-state index contributed by atoms with van der Waals surface area (Å²) in [6.07, 6.45) is 11.5. The molecule has 1 aromatic carbocycles. The van der Waals surface area contributed by atoms with E-state index in [4.69, 9.17) is 0 Å². The van der Waals surface area contributed by atoms with Crippen molar-refractivity contribution >= 4 is 11.5 Å². The Morgan fingerprint density at radius 1 is 1.16 bits per heavy atom. The number of para-hydroxylation sites is 1. The first kappa shape index (κ1) is 25.4. The summed E-state index contributed by atoms with van der Waals surface area (Å²) < 4.78 is 0. The van der Waals surface area contributed by atoms with Gasteiger partial charge in [-0.2, -0.15) is 0 Å². The molecule has 0 heterocycles. The molecule has 0 bridgehead atoms. The van der Waals surface area contributed by atoms with Crippen LogP contribution in [-0.4, -0.2) is 5.78 Å². The monoisotopic (exact) mass is 429 g/mol. The van der Waals surface area contributed by atoms with Gasteiger partial charge in [0.2, 0.25) is 5.78 Å². The van der Waals surface area contributed by atoms with Crippen LogP contribution < -0.4 is 5.32 Å². The fourth-order valence-electron chi connectivity index (χ4n) is 4.53. The SMILES string of the molecule is C=CC(=O)/C(Nc1ccccc1)=C(C(=C)C)/C(=C1/CCCC(CC)C1)C(=C/C)/C(C)=C\C. The first-order valence-electron chi connectivity index (χ1n) is 11.8. The van der Waals surface area contributed by atoms with Crippen LogP contribution in [0, 0.1) is 5.92 Å². The Balaban J connectivity index is 2.89. The van der Waals surface area contributed by atoms with E-state index in [9.17, 15) is 4.79 Å². The summed E-state index contributed by atoms with van der Waals surface area (Å²) >= 11 is 0. The van der Waals surface area contributed by atoms with Gasteiger partial charge in [-0.05, 0) is 99.8 Å². The number of benzene rings is 1. The molecule has 0 aliphatic heterocycles. The molecule has 32 heavy (non-hydrogen) atoms. The first-order valence-corrected chi connectivity index (χ1v) is 11.8. The predicted molar refractivity (Wildman–Crippen MR) is 140 cm³/mol. The van der Waals surface area contributed by atoms with Crippen molar-refractivity contribution in [3.8, 4) is 0 Å². The quantitative estimate of drug-likeness (QED) is 0.315. The maximum atomic E-state index is 13.2. The lowest BCUT2D eigenvalue weighted by atomic mass is 9.76. The van der Waals surface area contributed by atoms with Crippen LogP contribution in [0.2, 0.25) is 0 Å². The van der Waals surface area contributed by atoms with Crippen LogP contribution >= 0.6 is 0 Å². The Labute approximate surface area is 195 Å². The van der Waals surface area contributed by atoms with Gasteiger partial charge in [-0.1, -0.05) is 62.4 Å². The number of ketones is 1. The highest BCUT2D eigenvalue weighted by molar-refractivity contribution is 6.07. The fraction of sp³-hybridized carbons (Fsp3) is 0.367. The van der Waals surface area contributed by atoms with Gasteiger partial charge < -0.3 is 5.32 Å². The van der Waals surface area contributed by atoms with Crippen LogP contribution in [0.1, 0.15) is 66.7 Å². The molecule has 1 N–H and O–H groups in total. The second-order valence-corrected chi connectivity index (χ2v) is 8.61. The Bertz CT molecular complexity index is 969. The number of allylic oxidation sites excluding steroid dienone is 9. The molecule has 1 saturated carbocycles. The highest BCUT2D eigenvalue weighted by Crippen LogP contribution is 2.41. The normalized spacial score (nSPS) is 19.7. The van der Waals surface area contributed by atoms with E-state index < -0.39 is 0 Å². The van der Waals surface area contributed by atoms with E-state index in [2.05, 4.69) is 58.3 Å². The summed E-state index contributed by atoms with van der Waals surface area (Å²) in [5, 5.41) is 3.41. The van der Waals surface area contributed by atoms with Crippen molar-refractivity contribution in [1.29, 1.82) is 0 Å². The van der Waals surface area contributed by atoms with E-state index in [1.165, 1.54) is 47.6 Å². The van der Waals surface area contributed by atoms with Gasteiger partial charge in [0.1, 0.15) is 0 Å². The van der Waals surface area contributed by atoms with Crippen molar-refractivity contribution in [2.24, 2.45) is 5.92 Å². The van der Waals surface area contributed by atoms with Gasteiger partial charge in [-0.3, -0.25) is 4.79 Å². The van der Waals surface area contributed by atoms with Crippen LogP contribution in [0.25, 0.3) is 0 Å². The summed E-state index contributed by atoms with van der Waals surface area (Å²) in [6.45, 7) is 18.7. The van der Waals surface area contributed by atoms with Crippen molar-refractivity contribution in [2.45, 2.75) is 66.7 Å². The highest BCUT2D eigenvalue weighted by Gasteiger charge is 2.26. The van der Waals surface area contributed by atoms with Crippen LogP contribution in [0.4, 0.5) is 5.69 Å². The van der Waals surface area contributed by atoms with Crippen LogP contribution in [0.15, 0.2) is 101 Å². The van der Waals surface area contributed by atoms with Crippen molar-refractivity contribution in [3.05, 3.63) is 101 Å². The second-order valence-electron chi connectivity index (χ2n) is 8.61. The molecule has 0 amide bonds. The largest absolute Gasteiger partial charge is 0.352 e. The Hall–Kier alpha value is -2.87. The van der Waals surface area contributed by atoms with Crippen LogP contribution in [-0.2, 0) is 4.79 Å².